The first-order valence-corrected chi connectivity index (χ1v) is 7.25. The molecule has 0 bridgehead atoms. The molecule has 0 amide bonds. The lowest BCUT2D eigenvalue weighted by molar-refractivity contribution is 0.119. The van der Waals surface area contributed by atoms with Crippen molar-refractivity contribution in [3.05, 3.63) is 11.5 Å². The Hall–Kier alpha value is -1.07. The van der Waals surface area contributed by atoms with Gasteiger partial charge in [-0.3, -0.25) is 0 Å². The van der Waals surface area contributed by atoms with Gasteiger partial charge >= 0.3 is 0 Å². The minimum absolute atomic E-state index is 0.195. The molecule has 0 radical (unpaired) electrons. The average Bonchev–Trinajstić information content (AvgIpc) is 2.93. The van der Waals surface area contributed by atoms with E-state index in [1.807, 2.05) is 18.5 Å². The number of rotatable bonds is 6. The molecule has 6 heteroatoms. The third-order valence-electron chi connectivity index (χ3n) is 3.24. The second-order valence-corrected chi connectivity index (χ2v) is 4.88. The van der Waals surface area contributed by atoms with Crippen molar-refractivity contribution in [2.24, 2.45) is 0 Å². The lowest BCUT2D eigenvalue weighted by atomic mass is 10.3. The van der Waals surface area contributed by atoms with Crippen molar-refractivity contribution in [1.82, 2.24) is 19.3 Å². The Labute approximate surface area is 118 Å². The Bertz CT molecular complexity index is 560. The van der Waals surface area contributed by atoms with Crippen LogP contribution >= 0.6 is 11.6 Å². The topological polar surface area (TPSA) is 44.9 Å². The zero-order valence-electron chi connectivity index (χ0n) is 12.0. The van der Waals surface area contributed by atoms with E-state index in [2.05, 4.69) is 28.5 Å². The van der Waals surface area contributed by atoms with Crippen LogP contribution in [-0.4, -0.2) is 32.5 Å². The molecule has 0 aliphatic heterocycles. The summed E-state index contributed by atoms with van der Waals surface area (Å²) in [6.45, 7) is 10.4. The van der Waals surface area contributed by atoms with Crippen LogP contribution in [0.1, 0.15) is 38.3 Å². The summed E-state index contributed by atoms with van der Waals surface area (Å²) in [5.74, 6) is 1.28. The fraction of sp³-hybridized carbons (Fsp3) is 0.692. The third kappa shape index (κ3) is 2.49. The molecule has 2 aromatic heterocycles. The molecule has 1 atom stereocenters. The summed E-state index contributed by atoms with van der Waals surface area (Å²) in [5, 5.41) is 4.52. The van der Waals surface area contributed by atoms with Crippen LogP contribution in [0.5, 0.6) is 0 Å². The molecule has 106 valence electrons. The van der Waals surface area contributed by atoms with E-state index in [0.29, 0.717) is 19.1 Å². The van der Waals surface area contributed by atoms with E-state index in [9.17, 15) is 0 Å². The molecule has 2 aromatic rings. The monoisotopic (exact) mass is 284 g/mol. The standard InChI is InChI=1S/C13H21ClN4O/c1-5-17-13-12(10(4)16-17)15-11(7-14)18(13)9(3)8-19-6-2/h9H,5-8H2,1-4H3. The summed E-state index contributed by atoms with van der Waals surface area (Å²) in [4.78, 5) is 4.62. The fourth-order valence-corrected chi connectivity index (χ4v) is 2.56. The van der Waals surface area contributed by atoms with E-state index in [0.717, 1.165) is 29.2 Å². The van der Waals surface area contributed by atoms with E-state index in [1.54, 1.807) is 0 Å². The van der Waals surface area contributed by atoms with Crippen LogP contribution in [-0.2, 0) is 17.2 Å². The minimum Gasteiger partial charge on any atom is -0.380 e. The Morgan fingerprint density at radius 1 is 1.37 bits per heavy atom. The quantitative estimate of drug-likeness (QED) is 0.766. The van der Waals surface area contributed by atoms with Gasteiger partial charge < -0.3 is 9.30 Å². The van der Waals surface area contributed by atoms with E-state index in [-0.39, 0.29) is 6.04 Å². The van der Waals surface area contributed by atoms with Crippen LogP contribution in [0.2, 0.25) is 0 Å². The summed E-state index contributed by atoms with van der Waals surface area (Å²) >= 11 is 6.03. The van der Waals surface area contributed by atoms with Crippen LogP contribution in [0, 0.1) is 6.92 Å². The smallest absolute Gasteiger partial charge is 0.159 e. The molecule has 5 nitrogen and oxygen atoms in total. The van der Waals surface area contributed by atoms with Gasteiger partial charge in [0.15, 0.2) is 5.65 Å². The Morgan fingerprint density at radius 3 is 2.68 bits per heavy atom. The molecule has 2 rings (SSSR count). The van der Waals surface area contributed by atoms with Crippen molar-refractivity contribution >= 4 is 22.8 Å². The number of aromatic nitrogens is 4. The number of fused-ring (bicyclic) bond motifs is 1. The SMILES string of the molecule is CCOCC(C)n1c(CCl)nc2c(C)nn(CC)c21. The highest BCUT2D eigenvalue weighted by Gasteiger charge is 2.21. The highest BCUT2D eigenvalue weighted by atomic mass is 35.5. The number of halogens is 1. The van der Waals surface area contributed by atoms with Crippen molar-refractivity contribution in [3.63, 3.8) is 0 Å². The van der Waals surface area contributed by atoms with Crippen LogP contribution in [0.25, 0.3) is 11.2 Å². The van der Waals surface area contributed by atoms with Gasteiger partial charge in [-0.1, -0.05) is 0 Å². The van der Waals surface area contributed by atoms with Crippen molar-refractivity contribution in [3.8, 4) is 0 Å². The lowest BCUT2D eigenvalue weighted by Gasteiger charge is -2.17. The number of ether oxygens (including phenoxy) is 1. The molecule has 0 N–H and O–H groups in total. The molecule has 0 spiro atoms. The van der Waals surface area contributed by atoms with Crippen LogP contribution in [0.4, 0.5) is 0 Å². The number of nitrogens with zero attached hydrogens (tertiary/aromatic N) is 4. The lowest BCUT2D eigenvalue weighted by Crippen LogP contribution is -2.16. The fourth-order valence-electron chi connectivity index (χ4n) is 2.38. The second-order valence-electron chi connectivity index (χ2n) is 4.61. The molecule has 0 fully saturated rings. The van der Waals surface area contributed by atoms with Gasteiger partial charge in [-0.2, -0.15) is 5.10 Å². The van der Waals surface area contributed by atoms with Gasteiger partial charge in [-0.25, -0.2) is 9.67 Å². The highest BCUT2D eigenvalue weighted by molar-refractivity contribution is 6.16. The van der Waals surface area contributed by atoms with Crippen LogP contribution in [0.15, 0.2) is 0 Å². The maximum absolute atomic E-state index is 6.03. The van der Waals surface area contributed by atoms with Gasteiger partial charge in [0.1, 0.15) is 11.3 Å². The average molecular weight is 285 g/mol. The first kappa shape index (κ1) is 14.3. The minimum atomic E-state index is 0.195. The predicted octanol–water partition coefficient (Wildman–Crippen LogP) is 2.90. The highest BCUT2D eigenvalue weighted by Crippen LogP contribution is 2.25. The molecular weight excluding hydrogens is 264 g/mol. The van der Waals surface area contributed by atoms with Gasteiger partial charge in [0, 0.05) is 13.2 Å². The maximum Gasteiger partial charge on any atom is 0.159 e. The molecule has 0 aliphatic carbocycles. The molecule has 0 saturated heterocycles. The summed E-state index contributed by atoms with van der Waals surface area (Å²) in [6.07, 6.45) is 0. The first-order valence-electron chi connectivity index (χ1n) is 6.71. The van der Waals surface area contributed by atoms with Crippen LogP contribution in [0.3, 0.4) is 0 Å². The molecule has 2 heterocycles. The molecule has 0 aromatic carbocycles. The summed E-state index contributed by atoms with van der Waals surface area (Å²) in [6, 6.07) is 0.195. The molecule has 0 aliphatic rings. The maximum atomic E-state index is 6.03. The zero-order valence-corrected chi connectivity index (χ0v) is 12.7. The number of alkyl halides is 1. The number of aryl methyl sites for hydroxylation is 2. The van der Waals surface area contributed by atoms with Gasteiger partial charge in [0.25, 0.3) is 0 Å². The Kier molecular flexibility index (Phi) is 4.47. The number of hydrogen-bond donors (Lipinski definition) is 0. The van der Waals surface area contributed by atoms with E-state index >= 15 is 0 Å². The largest absolute Gasteiger partial charge is 0.380 e. The van der Waals surface area contributed by atoms with Gasteiger partial charge in [-0.05, 0) is 27.7 Å². The molecule has 1 unspecified atom stereocenters. The van der Waals surface area contributed by atoms with Gasteiger partial charge in [-0.15, -0.1) is 11.6 Å². The summed E-state index contributed by atoms with van der Waals surface area (Å²) < 4.78 is 9.66. The van der Waals surface area contributed by atoms with E-state index in [4.69, 9.17) is 16.3 Å². The summed E-state index contributed by atoms with van der Waals surface area (Å²) in [5.41, 5.74) is 2.94. The van der Waals surface area contributed by atoms with E-state index < -0.39 is 0 Å². The Morgan fingerprint density at radius 2 is 2.11 bits per heavy atom. The normalized spacial score (nSPS) is 13.3. The summed E-state index contributed by atoms with van der Waals surface area (Å²) in [7, 11) is 0. The third-order valence-corrected chi connectivity index (χ3v) is 3.48. The number of hydrogen-bond acceptors (Lipinski definition) is 3. The van der Waals surface area contributed by atoms with Crippen molar-refractivity contribution in [2.45, 2.75) is 46.2 Å². The molecule has 0 saturated carbocycles. The molecule has 19 heavy (non-hydrogen) atoms. The molecular formula is C13H21ClN4O. The Balaban J connectivity index is 2.55. The van der Waals surface area contributed by atoms with E-state index in [1.165, 1.54) is 0 Å². The van der Waals surface area contributed by atoms with Crippen molar-refractivity contribution in [1.29, 1.82) is 0 Å². The van der Waals surface area contributed by atoms with Crippen LogP contribution < -0.4 is 0 Å². The van der Waals surface area contributed by atoms with Gasteiger partial charge in [0.2, 0.25) is 0 Å². The first-order chi connectivity index (χ1) is 9.13. The predicted molar refractivity (Wildman–Crippen MR) is 76.7 cm³/mol. The zero-order chi connectivity index (χ0) is 14.0. The van der Waals surface area contributed by atoms with Gasteiger partial charge in [0.05, 0.1) is 24.2 Å². The number of imidazole rings is 1. The second kappa shape index (κ2) is 5.92. The van der Waals surface area contributed by atoms with Crippen molar-refractivity contribution < 1.29 is 4.74 Å². The van der Waals surface area contributed by atoms with Crippen molar-refractivity contribution in [2.75, 3.05) is 13.2 Å².